The number of amides is 2. The van der Waals surface area contributed by atoms with Crippen LogP contribution in [0.4, 0.5) is 23.1 Å². The van der Waals surface area contributed by atoms with E-state index >= 15 is 4.79 Å². The van der Waals surface area contributed by atoms with Crippen LogP contribution in [0.25, 0.3) is 33.2 Å². The van der Waals surface area contributed by atoms with E-state index < -0.39 is 116 Å². The number of ether oxygens (including phenoxy) is 4. The molecule has 8 aromatic rings. The normalized spacial score (nSPS) is 30.2. The predicted octanol–water partition coefficient (Wildman–Crippen LogP) is 6.57. The molecule has 18 rings (SSSR count). The van der Waals surface area contributed by atoms with E-state index in [0.717, 1.165) is 51.7 Å². The molecule has 6 fully saturated rings. The molecule has 2 amide bonds. The summed E-state index contributed by atoms with van der Waals surface area (Å²) in [7, 11) is 5.87. The fourth-order valence-electron chi connectivity index (χ4n) is 23.9. The Hall–Kier alpha value is -12.1. The van der Waals surface area contributed by atoms with Gasteiger partial charge in [-0.25, -0.2) is 29.5 Å². The van der Waals surface area contributed by atoms with Crippen LogP contribution in [0.1, 0.15) is 150 Å². The van der Waals surface area contributed by atoms with Crippen molar-refractivity contribution in [1.82, 2.24) is 60.0 Å². The number of ketones is 3. The van der Waals surface area contributed by atoms with Gasteiger partial charge in [-0.1, -0.05) is 94.0 Å². The zero-order chi connectivity index (χ0) is 92.6. The van der Waals surface area contributed by atoms with Crippen molar-refractivity contribution in [2.45, 2.75) is 176 Å². The summed E-state index contributed by atoms with van der Waals surface area (Å²) in [5.41, 5.74) is 10.0. The number of piperidine rings is 1. The first-order valence-corrected chi connectivity index (χ1v) is 43.7. The average Bonchev–Trinajstić information content (AvgIpc) is 1.47. The van der Waals surface area contributed by atoms with E-state index in [0.29, 0.717) is 135 Å². The molecule has 2 saturated heterocycles. The van der Waals surface area contributed by atoms with Crippen LogP contribution in [-0.4, -0.2) is 254 Å². The minimum Gasteiger partial charge on any atom is -0.494 e. The van der Waals surface area contributed by atoms with E-state index in [1.54, 1.807) is 36.8 Å². The fourth-order valence-corrected chi connectivity index (χ4v) is 24.1. The van der Waals surface area contributed by atoms with Crippen LogP contribution in [0.15, 0.2) is 115 Å². The summed E-state index contributed by atoms with van der Waals surface area (Å²) < 4.78 is 24.4. The third kappa shape index (κ3) is 15.3. The molecule has 17 atom stereocenters. The summed E-state index contributed by atoms with van der Waals surface area (Å²) in [5.74, 6) is -5.70. The number of rotatable bonds is 19. The summed E-state index contributed by atoms with van der Waals surface area (Å²) in [4.78, 5) is 170. The standard InChI is InChI=1S/C46H56N4O10.C21H26O5.C20H22N8O5.C5H4N4S/c1-7-42(55)22-28-23-45(40(53)58-5,36-30(16-20-48(24-28)25-42)29-12-9-10-13-33(29)47-36)32-15-14-31-34(35(32)57-4)50(26-51)38-44(31)18-21-49-19-11-17-43(8-2,37(44)49)39(60-27(3)52)46(38,56)41(54)59-6;1-19-7-5-13(23)9-12(19)3-4-14-15-6-8-21(26,17(25)11-22)20(15,2)10-16(24)18(14)19;1-28(9-11-8-23-17-15(24-11)16(21)26-20(22)27-17)12-4-2-10(3-5-12)18(31)25-13(19(32)33)6-7-14(29)30;10-5-3-4(7-1-6-3)8-2-9-5/h9-15,17,26,28,37-39,47,55-56H,7-8,16,18-25H2,1-6H3;5,7,9,14-15,18,22,26H,3-4,6,8,10-11H2,1-2H3;2-5,8,13H,6-7,9H2,1H3,(H,25,31)(H,29,30)(H,32,33)(H4,21,22,23,26,27);1-2H,(H2,6,7,8,9,10)/t28-,37-,38+,39+,42-,43+,44+,45-,46-;14-,15-,18+,19-,20-,21-;13-;/m000./s1. The lowest BCUT2D eigenvalue weighted by atomic mass is 9.46. The van der Waals surface area contributed by atoms with Gasteiger partial charge in [0, 0.05) is 120 Å². The van der Waals surface area contributed by atoms with Gasteiger partial charge in [-0.2, -0.15) is 9.97 Å². The van der Waals surface area contributed by atoms with Crippen LogP contribution in [0.2, 0.25) is 0 Å². The zero-order valence-corrected chi connectivity index (χ0v) is 74.0. The van der Waals surface area contributed by atoms with Crippen molar-refractivity contribution in [1.29, 1.82) is 0 Å². The second-order valence-corrected chi connectivity index (χ2v) is 36.5. The number of Topliss-reactive ketones (excluding diaryl/α,β-unsaturated/α-hetero) is 2. The molecule has 5 aliphatic carbocycles. The van der Waals surface area contributed by atoms with Gasteiger partial charge in [-0.3, -0.25) is 48.2 Å². The van der Waals surface area contributed by atoms with Gasteiger partial charge in [0.2, 0.25) is 18.0 Å². The number of aliphatic hydroxyl groups excluding tert-OH is 1. The van der Waals surface area contributed by atoms with Crippen LogP contribution in [0, 0.1) is 44.6 Å². The summed E-state index contributed by atoms with van der Waals surface area (Å²) in [6.07, 6.45) is 17.7. The minimum absolute atomic E-state index is 0.0138. The van der Waals surface area contributed by atoms with Crippen molar-refractivity contribution in [3.63, 3.8) is 0 Å². The van der Waals surface area contributed by atoms with Crippen molar-refractivity contribution < 1.29 is 97.5 Å². The van der Waals surface area contributed by atoms with E-state index in [1.165, 1.54) is 51.6 Å². The number of carbonyl (C=O) groups excluding carboxylic acids is 8. The second-order valence-electron chi connectivity index (χ2n) is 36.1. The molecule has 2 bridgehead atoms. The van der Waals surface area contributed by atoms with Crippen LogP contribution in [0.3, 0.4) is 0 Å². The number of anilines is 4. The molecular weight excluding hydrogens is 1680 g/mol. The highest BCUT2D eigenvalue weighted by Gasteiger charge is 2.81. The van der Waals surface area contributed by atoms with Gasteiger partial charge in [0.1, 0.15) is 40.7 Å². The predicted molar refractivity (Wildman–Crippen MR) is 472 cm³/mol. The number of allylic oxidation sites excluding steroid dienone is 4. The van der Waals surface area contributed by atoms with Crippen molar-refractivity contribution >= 4 is 128 Å². The molecule has 4 saturated carbocycles. The lowest BCUT2D eigenvalue weighted by Gasteiger charge is -2.63. The number of fused-ring (bicyclic) bond motifs is 13. The molecule has 36 nitrogen and oxygen atoms in total. The molecule has 3 aromatic carbocycles. The quantitative estimate of drug-likeness (QED) is 0.0134. The lowest BCUT2D eigenvalue weighted by Crippen LogP contribution is -2.81. The maximum Gasteiger partial charge on any atom is 0.344 e. The van der Waals surface area contributed by atoms with Crippen molar-refractivity contribution in [3.05, 3.63) is 154 Å². The van der Waals surface area contributed by atoms with Crippen LogP contribution < -0.4 is 31.3 Å². The van der Waals surface area contributed by atoms with Gasteiger partial charge in [0.05, 0.1) is 69.7 Å². The first-order valence-electron chi connectivity index (χ1n) is 43.3. The Morgan fingerprint density at radius 1 is 0.845 bits per heavy atom. The Labute approximate surface area is 746 Å². The lowest BCUT2D eigenvalue weighted by molar-refractivity contribution is -0.228. The third-order valence-corrected chi connectivity index (χ3v) is 29.8. The third-order valence-electron chi connectivity index (χ3n) is 29.5. The van der Waals surface area contributed by atoms with Crippen LogP contribution >= 0.6 is 12.2 Å². The number of nitrogens with two attached hydrogens (primary N) is 2. The molecule has 5 aliphatic heterocycles. The maximum absolute atomic E-state index is 15.2. The number of hydrogen-bond donors (Lipinski definition) is 12. The Balaban J connectivity index is 0.000000154. The molecular formula is C92H108N16O20S. The molecule has 5 aromatic heterocycles. The van der Waals surface area contributed by atoms with Gasteiger partial charge >= 0.3 is 29.8 Å². The van der Waals surface area contributed by atoms with E-state index in [1.807, 2.05) is 94.3 Å². The highest BCUT2D eigenvalue weighted by Crippen LogP contribution is 2.71. The number of para-hydroxylation sites is 1. The van der Waals surface area contributed by atoms with Gasteiger partial charge in [-0.05, 0) is 149 Å². The zero-order valence-electron chi connectivity index (χ0n) is 73.2. The number of methoxy groups -OCH3 is 3. The van der Waals surface area contributed by atoms with Crippen molar-refractivity contribution in [2.75, 3.05) is 89.0 Å². The Morgan fingerprint density at radius 2 is 1.58 bits per heavy atom. The largest absolute Gasteiger partial charge is 0.494 e. The number of aromatic nitrogens is 9. The van der Waals surface area contributed by atoms with Crippen LogP contribution in [-0.2, 0) is 81.2 Å². The molecule has 682 valence electrons. The molecule has 10 aliphatic rings. The number of carboxylic acid groups (broad SMARTS) is 2. The van der Waals surface area contributed by atoms with E-state index in [2.05, 4.69) is 60.0 Å². The second kappa shape index (κ2) is 35.0. The van der Waals surface area contributed by atoms with E-state index in [-0.39, 0.29) is 84.0 Å². The Morgan fingerprint density at radius 3 is 2.26 bits per heavy atom. The number of imidazole rings is 1. The van der Waals surface area contributed by atoms with E-state index in [9.17, 15) is 68.7 Å². The summed E-state index contributed by atoms with van der Waals surface area (Å²) in [6.45, 7) is 11.7. The van der Waals surface area contributed by atoms with E-state index in [4.69, 9.17) is 47.7 Å². The number of aromatic amines is 3. The van der Waals surface area contributed by atoms with Gasteiger partial charge in [-0.15, -0.1) is 0 Å². The first-order chi connectivity index (χ1) is 61.5. The van der Waals surface area contributed by atoms with Gasteiger partial charge in [0.15, 0.2) is 44.9 Å². The first kappa shape index (κ1) is 91.6. The molecule has 1 unspecified atom stereocenters. The Kier molecular flexibility index (Phi) is 24.9. The SMILES string of the molecule is CC[C@]1(O)C[C@@H]2CN(CCc3c([nH]c4ccccc34)[C@@](C(=O)OC)(c3ccc4c(c3OC)N(C=O)[C@H]3[C@@](O)(C(=O)OC)[C@H](OC(C)=O)[C@]5(CC)C=CCN6CC[C@]43[C@@H]65)C2)C1.CN(Cc1cnc2nc(N)nc(N)c2n1)c1ccc(C(=O)N[C@@H](CCC(=O)O)C(=O)O)cc1.C[C@]12C=CC(=O)C=C1CC[C@@H]1[C@@H]2C(=O)C[C@@]2(C)[C@H]1CC[C@]2(O)C(=O)CO.S=c1nc[nH]c2nc[nH]c12. The van der Waals surface area contributed by atoms with Crippen molar-refractivity contribution in [3.8, 4) is 5.75 Å². The number of benzene rings is 3. The molecule has 1 spiro atoms. The number of H-pyrrole nitrogens is 3. The average molecular weight is 1790 g/mol. The number of carboxylic acids is 2. The highest BCUT2D eigenvalue weighted by atomic mass is 32.1. The number of hydrogen-bond acceptors (Lipinski definition) is 30. The monoisotopic (exact) mass is 1790 g/mol. The maximum atomic E-state index is 15.2. The van der Waals surface area contributed by atoms with Crippen molar-refractivity contribution in [2.24, 2.45) is 39.9 Å². The number of nitrogen functional groups attached to an aromatic ring is 2. The topological polar surface area (TPSA) is 531 Å². The highest BCUT2D eigenvalue weighted by molar-refractivity contribution is 7.71. The number of aliphatic carboxylic acids is 2. The molecule has 37 heteroatoms. The fraction of sp³-hybridized carbons (Fsp3) is 0.489. The summed E-state index contributed by atoms with van der Waals surface area (Å²) in [5, 5.41) is 66.9. The molecule has 10 heterocycles. The minimum atomic E-state index is -2.55. The van der Waals surface area contributed by atoms with Gasteiger partial charge < -0.3 is 91.1 Å². The number of nitrogens with one attached hydrogen (secondary N) is 4. The summed E-state index contributed by atoms with van der Waals surface area (Å²) in [6, 6.07) is 15.2. The Bertz CT molecular complexity index is 6000. The summed E-state index contributed by atoms with van der Waals surface area (Å²) >= 11 is 4.91. The number of carbonyl (C=O) groups is 10. The van der Waals surface area contributed by atoms with Crippen LogP contribution in [0.5, 0.6) is 5.75 Å². The molecule has 0 radical (unpaired) electrons. The molecule has 129 heavy (non-hydrogen) atoms. The number of nitrogens with zero attached hydrogens (tertiary/aromatic N) is 10. The number of esters is 3. The van der Waals surface area contributed by atoms with Gasteiger partial charge in [0.25, 0.3) is 5.91 Å². The number of aliphatic hydroxyl groups is 4. The molecule has 14 N–H and O–H groups in total. The smallest absolute Gasteiger partial charge is 0.344 e.